The lowest BCUT2D eigenvalue weighted by Gasteiger charge is -2.14. The molecule has 1 aliphatic rings. The number of halogens is 2. The largest absolute Gasteiger partial charge is 0.332 e. The van der Waals surface area contributed by atoms with Gasteiger partial charge < -0.3 is 4.90 Å². The van der Waals surface area contributed by atoms with Gasteiger partial charge in [0.1, 0.15) is 0 Å². The zero-order valence-electron chi connectivity index (χ0n) is 8.77. The molecule has 4 nitrogen and oxygen atoms in total. The average molecular weight is 267 g/mol. The Labute approximate surface area is 108 Å². The summed E-state index contributed by atoms with van der Waals surface area (Å²) in [7, 11) is 0. The monoisotopic (exact) mass is 266 g/mol. The van der Waals surface area contributed by atoms with E-state index in [1.165, 1.54) is 11.1 Å². The Bertz CT molecular complexity index is 528. The van der Waals surface area contributed by atoms with E-state index in [0.29, 0.717) is 5.95 Å². The van der Waals surface area contributed by atoms with Crippen molar-refractivity contribution in [2.24, 2.45) is 0 Å². The van der Waals surface area contributed by atoms with Crippen molar-refractivity contribution in [3.63, 3.8) is 0 Å². The SMILES string of the molecule is Clc1nc(Cl)nc(N2Cc3ccccc3C2)n1. The molecule has 1 aromatic heterocycles. The second kappa shape index (κ2) is 4.13. The van der Waals surface area contributed by atoms with Gasteiger partial charge in [-0.3, -0.25) is 0 Å². The van der Waals surface area contributed by atoms with Crippen molar-refractivity contribution >= 4 is 29.2 Å². The van der Waals surface area contributed by atoms with Gasteiger partial charge in [-0.05, 0) is 34.3 Å². The molecule has 0 fully saturated rings. The lowest BCUT2D eigenvalue weighted by Crippen LogP contribution is -2.18. The Morgan fingerprint density at radius 2 is 1.41 bits per heavy atom. The minimum atomic E-state index is 0.121. The lowest BCUT2D eigenvalue weighted by molar-refractivity contribution is 0.817. The number of hydrogen-bond acceptors (Lipinski definition) is 4. The summed E-state index contributed by atoms with van der Waals surface area (Å²) in [5.74, 6) is 0.520. The molecule has 0 radical (unpaired) electrons. The molecule has 0 amide bonds. The predicted molar refractivity (Wildman–Crippen MR) is 66.2 cm³/mol. The van der Waals surface area contributed by atoms with Crippen LogP contribution in [-0.4, -0.2) is 15.0 Å². The summed E-state index contributed by atoms with van der Waals surface area (Å²) in [4.78, 5) is 13.9. The maximum absolute atomic E-state index is 5.77. The van der Waals surface area contributed by atoms with Crippen molar-refractivity contribution in [2.75, 3.05) is 4.90 Å². The highest BCUT2D eigenvalue weighted by Crippen LogP contribution is 2.26. The van der Waals surface area contributed by atoms with E-state index in [1.807, 2.05) is 17.0 Å². The molecule has 0 unspecified atom stereocenters. The van der Waals surface area contributed by atoms with Crippen LogP contribution in [0.2, 0.25) is 10.6 Å². The number of nitrogens with zero attached hydrogens (tertiary/aromatic N) is 4. The van der Waals surface area contributed by atoms with E-state index >= 15 is 0 Å². The normalized spacial score (nSPS) is 13.9. The molecule has 3 rings (SSSR count). The zero-order valence-corrected chi connectivity index (χ0v) is 10.3. The Morgan fingerprint density at radius 1 is 0.882 bits per heavy atom. The van der Waals surface area contributed by atoms with Crippen molar-refractivity contribution in [2.45, 2.75) is 13.1 Å². The Hall–Kier alpha value is -1.39. The van der Waals surface area contributed by atoms with Gasteiger partial charge >= 0.3 is 0 Å². The first-order valence-corrected chi connectivity index (χ1v) is 5.87. The van der Waals surface area contributed by atoms with Crippen LogP contribution < -0.4 is 4.90 Å². The number of hydrogen-bond donors (Lipinski definition) is 0. The second-order valence-electron chi connectivity index (χ2n) is 3.80. The molecule has 1 aliphatic heterocycles. The molecule has 17 heavy (non-hydrogen) atoms. The maximum Gasteiger partial charge on any atom is 0.231 e. The summed E-state index contributed by atoms with van der Waals surface area (Å²) in [5, 5.41) is 0.243. The van der Waals surface area contributed by atoms with E-state index in [1.54, 1.807) is 0 Å². The molecule has 0 atom stereocenters. The van der Waals surface area contributed by atoms with Crippen LogP contribution >= 0.6 is 23.2 Å². The van der Waals surface area contributed by atoms with Crippen LogP contribution in [0.1, 0.15) is 11.1 Å². The van der Waals surface area contributed by atoms with E-state index in [0.717, 1.165) is 13.1 Å². The molecule has 86 valence electrons. The van der Waals surface area contributed by atoms with Gasteiger partial charge in [0.2, 0.25) is 16.5 Å². The smallest absolute Gasteiger partial charge is 0.231 e. The van der Waals surface area contributed by atoms with E-state index in [4.69, 9.17) is 23.2 Å². The van der Waals surface area contributed by atoms with E-state index in [2.05, 4.69) is 27.1 Å². The van der Waals surface area contributed by atoms with Gasteiger partial charge in [0.05, 0.1) is 0 Å². The van der Waals surface area contributed by atoms with Crippen LogP contribution in [-0.2, 0) is 13.1 Å². The molecule has 2 aromatic rings. The number of benzene rings is 1. The fourth-order valence-corrected chi connectivity index (χ4v) is 2.29. The molecule has 2 heterocycles. The predicted octanol–water partition coefficient (Wildman–Crippen LogP) is 2.70. The highest BCUT2D eigenvalue weighted by atomic mass is 35.5. The lowest BCUT2D eigenvalue weighted by atomic mass is 10.1. The Balaban J connectivity index is 1.93. The number of fused-ring (bicyclic) bond motifs is 1. The number of aromatic nitrogens is 3. The van der Waals surface area contributed by atoms with Crippen molar-refractivity contribution in [3.8, 4) is 0 Å². The molecule has 0 spiro atoms. The van der Waals surface area contributed by atoms with Crippen LogP contribution in [0.15, 0.2) is 24.3 Å². The summed E-state index contributed by atoms with van der Waals surface area (Å²) in [6.07, 6.45) is 0. The van der Waals surface area contributed by atoms with Crippen LogP contribution in [0.25, 0.3) is 0 Å². The van der Waals surface area contributed by atoms with Gasteiger partial charge in [0.25, 0.3) is 0 Å². The molecule has 0 saturated carbocycles. The third-order valence-corrected chi connectivity index (χ3v) is 3.03. The van der Waals surface area contributed by atoms with E-state index < -0.39 is 0 Å². The summed E-state index contributed by atoms with van der Waals surface area (Å²) in [5.41, 5.74) is 2.56. The first-order chi connectivity index (χ1) is 8.22. The number of rotatable bonds is 1. The fraction of sp³-hybridized carbons (Fsp3) is 0.182. The minimum Gasteiger partial charge on any atom is -0.332 e. The van der Waals surface area contributed by atoms with Gasteiger partial charge in [-0.1, -0.05) is 24.3 Å². The molecule has 0 N–H and O–H groups in total. The maximum atomic E-state index is 5.77. The van der Waals surface area contributed by atoms with Crippen LogP contribution in [0.5, 0.6) is 0 Å². The van der Waals surface area contributed by atoms with Gasteiger partial charge in [0.15, 0.2) is 0 Å². The topological polar surface area (TPSA) is 41.9 Å². The molecule has 6 heteroatoms. The number of anilines is 1. The van der Waals surface area contributed by atoms with Crippen molar-refractivity contribution in [1.82, 2.24) is 15.0 Å². The first-order valence-electron chi connectivity index (χ1n) is 5.11. The average Bonchev–Trinajstić information content (AvgIpc) is 2.71. The van der Waals surface area contributed by atoms with E-state index in [9.17, 15) is 0 Å². The molecular formula is C11H8Cl2N4. The quantitative estimate of drug-likeness (QED) is 0.796. The van der Waals surface area contributed by atoms with Crippen LogP contribution in [0.4, 0.5) is 5.95 Å². The van der Waals surface area contributed by atoms with E-state index in [-0.39, 0.29) is 10.6 Å². The third-order valence-electron chi connectivity index (χ3n) is 2.69. The second-order valence-corrected chi connectivity index (χ2v) is 4.47. The summed E-state index contributed by atoms with van der Waals surface area (Å²) in [6, 6.07) is 8.24. The first kappa shape index (κ1) is 10.7. The minimum absolute atomic E-state index is 0.121. The summed E-state index contributed by atoms with van der Waals surface area (Å²) >= 11 is 11.5. The zero-order chi connectivity index (χ0) is 11.8. The summed E-state index contributed by atoms with van der Waals surface area (Å²) in [6.45, 7) is 1.54. The molecular weight excluding hydrogens is 259 g/mol. The van der Waals surface area contributed by atoms with Crippen molar-refractivity contribution in [1.29, 1.82) is 0 Å². The van der Waals surface area contributed by atoms with Gasteiger partial charge in [-0.15, -0.1) is 0 Å². The Morgan fingerprint density at radius 3 is 1.94 bits per heavy atom. The van der Waals surface area contributed by atoms with Gasteiger partial charge in [-0.2, -0.15) is 15.0 Å². The standard InChI is InChI=1S/C11H8Cl2N4/c12-9-14-10(13)16-11(15-9)17-5-7-3-1-2-4-8(7)6-17/h1-4H,5-6H2. The molecule has 0 saturated heterocycles. The van der Waals surface area contributed by atoms with Crippen LogP contribution in [0, 0.1) is 0 Å². The molecule has 0 bridgehead atoms. The van der Waals surface area contributed by atoms with Crippen LogP contribution in [0.3, 0.4) is 0 Å². The van der Waals surface area contributed by atoms with Gasteiger partial charge in [0, 0.05) is 13.1 Å². The summed E-state index contributed by atoms with van der Waals surface area (Å²) < 4.78 is 0. The van der Waals surface area contributed by atoms with Gasteiger partial charge in [-0.25, -0.2) is 0 Å². The Kier molecular flexibility index (Phi) is 2.61. The molecule has 1 aromatic carbocycles. The fourth-order valence-electron chi connectivity index (χ4n) is 1.93. The molecule has 0 aliphatic carbocycles. The third kappa shape index (κ3) is 2.06. The van der Waals surface area contributed by atoms with Crippen molar-refractivity contribution < 1.29 is 0 Å². The highest BCUT2D eigenvalue weighted by Gasteiger charge is 2.21. The highest BCUT2D eigenvalue weighted by molar-refractivity contribution is 6.31. The van der Waals surface area contributed by atoms with Crippen molar-refractivity contribution in [3.05, 3.63) is 46.0 Å².